The Hall–Kier alpha value is -1.50. The van der Waals surface area contributed by atoms with Gasteiger partial charge in [0.15, 0.2) is 0 Å². The van der Waals surface area contributed by atoms with E-state index in [1.54, 1.807) is 0 Å². The fourth-order valence-electron chi connectivity index (χ4n) is 4.78. The summed E-state index contributed by atoms with van der Waals surface area (Å²) in [6.45, 7) is 3.05. The fourth-order valence-corrected chi connectivity index (χ4v) is 4.78. The molecule has 2 atom stereocenters. The van der Waals surface area contributed by atoms with Gasteiger partial charge >= 0.3 is 0 Å². The van der Waals surface area contributed by atoms with Gasteiger partial charge in [-0.1, -0.05) is 25.3 Å². The van der Waals surface area contributed by atoms with Crippen molar-refractivity contribution in [3.05, 3.63) is 30.1 Å². The minimum atomic E-state index is 0.274. The number of nitrogens with one attached hydrogen (secondary N) is 3. The third-order valence-corrected chi connectivity index (χ3v) is 6.56. The summed E-state index contributed by atoms with van der Waals surface area (Å²) in [4.78, 5) is 19.3. The molecular weight excluding hydrogens is 338 g/mol. The zero-order valence-corrected chi connectivity index (χ0v) is 16.2. The van der Waals surface area contributed by atoms with Crippen molar-refractivity contribution in [1.29, 1.82) is 0 Å². The number of hydrogen-bond donors (Lipinski definition) is 3. The Labute approximate surface area is 162 Å². The van der Waals surface area contributed by atoms with Gasteiger partial charge in [0.2, 0.25) is 5.91 Å². The normalized spacial score (nSPS) is 28.3. The van der Waals surface area contributed by atoms with Crippen LogP contribution in [0.5, 0.6) is 0 Å². The van der Waals surface area contributed by atoms with Crippen molar-refractivity contribution in [2.75, 3.05) is 19.6 Å². The Morgan fingerprint density at radius 1 is 1.11 bits per heavy atom. The van der Waals surface area contributed by atoms with Crippen LogP contribution in [0.1, 0.15) is 63.1 Å². The van der Waals surface area contributed by atoms with Crippen molar-refractivity contribution in [2.45, 2.75) is 63.6 Å². The lowest BCUT2D eigenvalue weighted by Crippen LogP contribution is -2.49. The Balaban J connectivity index is 1.18. The number of hydrazine groups is 1. The van der Waals surface area contributed by atoms with Crippen LogP contribution in [-0.2, 0) is 4.79 Å². The molecule has 3 N–H and O–H groups in total. The molecule has 4 rings (SSSR count). The second-order valence-corrected chi connectivity index (χ2v) is 8.41. The number of carbonyl (C=O) groups excluding carboxylic acids is 1. The summed E-state index contributed by atoms with van der Waals surface area (Å²) >= 11 is 0. The van der Waals surface area contributed by atoms with Crippen LogP contribution in [0.2, 0.25) is 0 Å². The molecular formula is C21H33N5O. The summed E-state index contributed by atoms with van der Waals surface area (Å²) in [7, 11) is 0. The van der Waals surface area contributed by atoms with E-state index in [9.17, 15) is 4.79 Å². The smallest absolute Gasteiger partial charge is 0.223 e. The number of piperidine rings is 1. The van der Waals surface area contributed by atoms with E-state index in [0.29, 0.717) is 18.0 Å². The molecule has 27 heavy (non-hydrogen) atoms. The van der Waals surface area contributed by atoms with Gasteiger partial charge in [-0.05, 0) is 63.2 Å². The number of likely N-dealkylation sites (tertiary alicyclic amines) is 1. The number of amides is 1. The molecule has 0 radical (unpaired) electrons. The summed E-state index contributed by atoms with van der Waals surface area (Å²) in [5.74, 6) is 1.20. The minimum Gasteiger partial charge on any atom is -0.356 e. The van der Waals surface area contributed by atoms with Gasteiger partial charge < -0.3 is 5.32 Å². The second kappa shape index (κ2) is 9.13. The van der Waals surface area contributed by atoms with Gasteiger partial charge in [-0.15, -0.1) is 0 Å². The zero-order chi connectivity index (χ0) is 18.5. The van der Waals surface area contributed by atoms with Crippen LogP contribution in [-0.4, -0.2) is 41.6 Å². The summed E-state index contributed by atoms with van der Waals surface area (Å²) in [5, 5.41) is 3.24. The van der Waals surface area contributed by atoms with Crippen molar-refractivity contribution < 1.29 is 4.79 Å². The van der Waals surface area contributed by atoms with E-state index in [2.05, 4.69) is 32.1 Å². The van der Waals surface area contributed by atoms with Crippen molar-refractivity contribution in [1.82, 2.24) is 26.1 Å². The van der Waals surface area contributed by atoms with Crippen LogP contribution in [0.4, 0.5) is 0 Å². The first-order chi connectivity index (χ1) is 13.3. The monoisotopic (exact) mass is 371 g/mol. The lowest BCUT2D eigenvalue weighted by molar-refractivity contribution is -0.126. The number of aromatic nitrogens is 1. The average molecular weight is 372 g/mol. The van der Waals surface area contributed by atoms with E-state index in [1.165, 1.54) is 19.3 Å². The molecule has 1 amide bonds. The molecule has 0 bridgehead atoms. The van der Waals surface area contributed by atoms with Crippen LogP contribution in [0.15, 0.2) is 24.4 Å². The first-order valence-corrected chi connectivity index (χ1v) is 10.7. The molecule has 148 valence electrons. The van der Waals surface area contributed by atoms with Crippen molar-refractivity contribution in [3.8, 4) is 0 Å². The fraction of sp³-hybridized carbons (Fsp3) is 0.714. The molecule has 0 aromatic carbocycles. The molecule has 0 spiro atoms. The topological polar surface area (TPSA) is 69.3 Å². The molecule has 3 fully saturated rings. The van der Waals surface area contributed by atoms with Crippen LogP contribution in [0, 0.1) is 11.8 Å². The number of rotatable bonds is 5. The first kappa shape index (κ1) is 18.8. The number of pyridine rings is 1. The molecule has 2 saturated heterocycles. The van der Waals surface area contributed by atoms with Gasteiger partial charge in [-0.3, -0.25) is 14.7 Å². The SMILES string of the molecule is O=C(NCC1CCN(C2CC(c3ccccn3)NN2)CC1)C1CCCCC1. The maximum atomic E-state index is 12.3. The van der Waals surface area contributed by atoms with E-state index in [1.807, 2.05) is 18.3 Å². The number of nitrogens with zero attached hydrogens (tertiary/aromatic N) is 2. The molecule has 1 aliphatic carbocycles. The lowest BCUT2D eigenvalue weighted by Gasteiger charge is -2.35. The van der Waals surface area contributed by atoms with Gasteiger partial charge in [0.25, 0.3) is 0 Å². The van der Waals surface area contributed by atoms with Gasteiger partial charge in [0.05, 0.1) is 17.9 Å². The highest BCUT2D eigenvalue weighted by molar-refractivity contribution is 5.78. The maximum Gasteiger partial charge on any atom is 0.223 e. The quantitative estimate of drug-likeness (QED) is 0.741. The first-order valence-electron chi connectivity index (χ1n) is 10.7. The highest BCUT2D eigenvalue weighted by atomic mass is 16.1. The molecule has 2 unspecified atom stereocenters. The molecule has 3 heterocycles. The van der Waals surface area contributed by atoms with E-state index in [-0.39, 0.29) is 12.0 Å². The molecule has 6 heteroatoms. The van der Waals surface area contributed by atoms with Gasteiger partial charge in [-0.25, -0.2) is 10.9 Å². The Morgan fingerprint density at radius 3 is 2.67 bits per heavy atom. The zero-order valence-electron chi connectivity index (χ0n) is 16.2. The van der Waals surface area contributed by atoms with E-state index in [4.69, 9.17) is 0 Å². The predicted molar refractivity (Wildman–Crippen MR) is 106 cm³/mol. The number of carbonyl (C=O) groups is 1. The third kappa shape index (κ3) is 4.86. The number of hydrogen-bond acceptors (Lipinski definition) is 5. The highest BCUT2D eigenvalue weighted by Gasteiger charge is 2.32. The van der Waals surface area contributed by atoms with Crippen molar-refractivity contribution in [2.24, 2.45) is 11.8 Å². The standard InChI is InChI=1S/C21H33N5O/c27-21(17-6-2-1-3-7-17)23-15-16-9-12-26(13-10-16)20-14-19(24-25-20)18-8-4-5-11-22-18/h4-5,8,11,16-17,19-20,24-25H,1-3,6-7,9-10,12-15H2,(H,23,27). The highest BCUT2D eigenvalue weighted by Crippen LogP contribution is 2.26. The Kier molecular flexibility index (Phi) is 6.37. The van der Waals surface area contributed by atoms with Crippen LogP contribution in [0.3, 0.4) is 0 Å². The largest absolute Gasteiger partial charge is 0.356 e. The van der Waals surface area contributed by atoms with Crippen molar-refractivity contribution in [3.63, 3.8) is 0 Å². The summed E-state index contributed by atoms with van der Waals surface area (Å²) < 4.78 is 0. The third-order valence-electron chi connectivity index (χ3n) is 6.56. The van der Waals surface area contributed by atoms with Crippen LogP contribution in [0.25, 0.3) is 0 Å². The molecule has 1 saturated carbocycles. The summed E-state index contributed by atoms with van der Waals surface area (Å²) in [6.07, 6.45) is 11.5. The van der Waals surface area contributed by atoms with Gasteiger partial charge in [0, 0.05) is 18.7 Å². The Morgan fingerprint density at radius 2 is 1.93 bits per heavy atom. The second-order valence-electron chi connectivity index (χ2n) is 8.41. The van der Waals surface area contributed by atoms with Gasteiger partial charge in [0.1, 0.15) is 0 Å². The lowest BCUT2D eigenvalue weighted by atomic mass is 9.88. The molecule has 1 aromatic heterocycles. The van der Waals surface area contributed by atoms with E-state index >= 15 is 0 Å². The predicted octanol–water partition coefficient (Wildman–Crippen LogP) is 2.36. The molecule has 2 aliphatic heterocycles. The molecule has 1 aromatic rings. The van der Waals surface area contributed by atoms with Crippen LogP contribution >= 0.6 is 0 Å². The van der Waals surface area contributed by atoms with Gasteiger partial charge in [-0.2, -0.15) is 0 Å². The average Bonchev–Trinajstić information content (AvgIpc) is 3.24. The summed E-state index contributed by atoms with van der Waals surface area (Å²) in [5.41, 5.74) is 7.95. The summed E-state index contributed by atoms with van der Waals surface area (Å²) in [6, 6.07) is 6.37. The molecule has 6 nitrogen and oxygen atoms in total. The van der Waals surface area contributed by atoms with E-state index in [0.717, 1.165) is 57.4 Å². The minimum absolute atomic E-state index is 0.274. The maximum absolute atomic E-state index is 12.3. The molecule has 3 aliphatic rings. The van der Waals surface area contributed by atoms with E-state index < -0.39 is 0 Å². The van der Waals surface area contributed by atoms with Crippen LogP contribution < -0.4 is 16.2 Å². The Bertz CT molecular complexity index is 596. The van der Waals surface area contributed by atoms with Crippen molar-refractivity contribution >= 4 is 5.91 Å².